The first-order valence-corrected chi connectivity index (χ1v) is 10.6. The standard InChI is InChI=1S/C17H19ClN2O3S2/c1-11(2)16(19-25(22,23)15-8-7-14(18)24-15)17(21)20-10-9-12-5-3-4-6-13(12)20/h3-8,11,16,19H,9-10H2,1-2H3/t16-/m0/s1. The number of para-hydroxylation sites is 1. The summed E-state index contributed by atoms with van der Waals surface area (Å²) in [7, 11) is -3.80. The van der Waals surface area contributed by atoms with Crippen LogP contribution in [0.4, 0.5) is 5.69 Å². The van der Waals surface area contributed by atoms with Gasteiger partial charge < -0.3 is 4.90 Å². The molecule has 0 fully saturated rings. The molecule has 0 saturated heterocycles. The average molecular weight is 399 g/mol. The zero-order valence-corrected chi connectivity index (χ0v) is 16.3. The van der Waals surface area contributed by atoms with E-state index < -0.39 is 16.1 Å². The Kier molecular flexibility index (Phi) is 5.20. The van der Waals surface area contributed by atoms with Crippen LogP contribution in [0.2, 0.25) is 4.34 Å². The fourth-order valence-electron chi connectivity index (χ4n) is 2.87. The van der Waals surface area contributed by atoms with Gasteiger partial charge in [-0.25, -0.2) is 8.42 Å². The third-order valence-electron chi connectivity index (χ3n) is 4.18. The van der Waals surface area contributed by atoms with Crippen LogP contribution in [0, 0.1) is 5.92 Å². The fourth-order valence-corrected chi connectivity index (χ4v) is 5.71. The van der Waals surface area contributed by atoms with Crippen molar-refractivity contribution in [1.82, 2.24) is 4.72 Å². The highest BCUT2D eigenvalue weighted by molar-refractivity contribution is 7.91. The Bertz CT molecular complexity index is 893. The zero-order chi connectivity index (χ0) is 18.2. The molecule has 0 unspecified atom stereocenters. The van der Waals surface area contributed by atoms with E-state index >= 15 is 0 Å². The summed E-state index contributed by atoms with van der Waals surface area (Å²) < 4.78 is 28.3. The van der Waals surface area contributed by atoms with Crippen LogP contribution >= 0.6 is 22.9 Å². The van der Waals surface area contributed by atoms with Crippen LogP contribution in [0.15, 0.2) is 40.6 Å². The van der Waals surface area contributed by atoms with Gasteiger partial charge in [-0.1, -0.05) is 43.6 Å². The highest BCUT2D eigenvalue weighted by Gasteiger charge is 2.35. The monoisotopic (exact) mass is 398 g/mol. The summed E-state index contributed by atoms with van der Waals surface area (Å²) in [6.07, 6.45) is 0.778. The van der Waals surface area contributed by atoms with Gasteiger partial charge in [0.1, 0.15) is 10.3 Å². The number of hydrogen-bond donors (Lipinski definition) is 1. The molecule has 1 aromatic carbocycles. The van der Waals surface area contributed by atoms with Crippen molar-refractivity contribution in [2.75, 3.05) is 11.4 Å². The minimum atomic E-state index is -3.80. The Morgan fingerprint density at radius 1 is 1.24 bits per heavy atom. The summed E-state index contributed by atoms with van der Waals surface area (Å²) in [5.74, 6) is -0.420. The van der Waals surface area contributed by atoms with Gasteiger partial charge in [-0.05, 0) is 36.1 Å². The molecule has 2 heterocycles. The number of nitrogens with one attached hydrogen (secondary N) is 1. The van der Waals surface area contributed by atoms with Crippen LogP contribution in [0.1, 0.15) is 19.4 Å². The number of sulfonamides is 1. The second-order valence-electron chi connectivity index (χ2n) is 6.27. The molecule has 1 atom stereocenters. The molecular formula is C17H19ClN2O3S2. The SMILES string of the molecule is CC(C)[C@H](NS(=O)(=O)c1ccc(Cl)s1)C(=O)N1CCc2ccccc21. The van der Waals surface area contributed by atoms with Crippen LogP contribution in [0.25, 0.3) is 0 Å². The summed E-state index contributed by atoms with van der Waals surface area (Å²) in [6, 6.07) is 9.85. The second-order valence-corrected chi connectivity index (χ2v) is 9.93. The molecule has 1 aliphatic rings. The third-order valence-corrected chi connectivity index (χ3v) is 7.35. The molecule has 3 rings (SSSR count). The summed E-state index contributed by atoms with van der Waals surface area (Å²) in [4.78, 5) is 14.7. The van der Waals surface area contributed by atoms with E-state index in [-0.39, 0.29) is 16.0 Å². The van der Waals surface area contributed by atoms with E-state index in [1.807, 2.05) is 38.1 Å². The van der Waals surface area contributed by atoms with Crippen LogP contribution in [0.3, 0.4) is 0 Å². The summed E-state index contributed by atoms with van der Waals surface area (Å²) >= 11 is 6.81. The lowest BCUT2D eigenvalue weighted by molar-refractivity contribution is -0.121. The third kappa shape index (κ3) is 3.74. The van der Waals surface area contributed by atoms with Gasteiger partial charge in [0.05, 0.1) is 4.34 Å². The number of carbonyl (C=O) groups excluding carboxylic acids is 1. The fraction of sp³-hybridized carbons (Fsp3) is 0.353. The molecule has 134 valence electrons. The predicted octanol–water partition coefficient (Wildman–Crippen LogP) is 3.29. The zero-order valence-electron chi connectivity index (χ0n) is 13.9. The van der Waals surface area contributed by atoms with Crippen molar-refractivity contribution in [3.63, 3.8) is 0 Å². The molecule has 5 nitrogen and oxygen atoms in total. The Morgan fingerprint density at radius 3 is 2.60 bits per heavy atom. The van der Waals surface area contributed by atoms with Gasteiger partial charge >= 0.3 is 0 Å². The number of nitrogens with zero attached hydrogens (tertiary/aromatic N) is 1. The largest absolute Gasteiger partial charge is 0.310 e. The van der Waals surface area contributed by atoms with Gasteiger partial charge in [0, 0.05) is 12.2 Å². The first-order valence-electron chi connectivity index (χ1n) is 7.96. The lowest BCUT2D eigenvalue weighted by Gasteiger charge is -2.27. The van der Waals surface area contributed by atoms with E-state index in [1.165, 1.54) is 12.1 Å². The van der Waals surface area contributed by atoms with Crippen LogP contribution in [0.5, 0.6) is 0 Å². The van der Waals surface area contributed by atoms with E-state index in [0.29, 0.717) is 10.9 Å². The van der Waals surface area contributed by atoms with Gasteiger partial charge in [-0.15, -0.1) is 11.3 Å². The van der Waals surface area contributed by atoms with E-state index in [4.69, 9.17) is 11.6 Å². The molecule has 2 aromatic rings. The summed E-state index contributed by atoms with van der Waals surface area (Å²) in [6.45, 7) is 4.22. The van der Waals surface area contributed by atoms with E-state index in [2.05, 4.69) is 4.72 Å². The Morgan fingerprint density at radius 2 is 1.96 bits per heavy atom. The highest BCUT2D eigenvalue weighted by Crippen LogP contribution is 2.30. The molecule has 0 spiro atoms. The Balaban J connectivity index is 1.86. The second kappa shape index (κ2) is 7.07. The molecule has 0 aliphatic carbocycles. The van der Waals surface area contributed by atoms with E-state index in [1.54, 1.807) is 4.90 Å². The number of halogens is 1. The van der Waals surface area contributed by atoms with Crippen LogP contribution in [-0.4, -0.2) is 26.9 Å². The van der Waals surface area contributed by atoms with Gasteiger partial charge in [0.2, 0.25) is 5.91 Å². The van der Waals surface area contributed by atoms with Crippen molar-refractivity contribution in [1.29, 1.82) is 0 Å². The van der Waals surface area contributed by atoms with E-state index in [9.17, 15) is 13.2 Å². The maximum absolute atomic E-state index is 13.0. The van der Waals surface area contributed by atoms with Gasteiger partial charge in [-0.3, -0.25) is 4.79 Å². The van der Waals surface area contributed by atoms with Crippen molar-refractivity contribution in [2.24, 2.45) is 5.92 Å². The number of rotatable bonds is 5. The molecule has 25 heavy (non-hydrogen) atoms. The van der Waals surface area contributed by atoms with Crippen molar-refractivity contribution in [3.05, 3.63) is 46.3 Å². The quantitative estimate of drug-likeness (QED) is 0.840. The molecule has 1 aliphatic heterocycles. The number of anilines is 1. The molecule has 1 N–H and O–H groups in total. The lowest BCUT2D eigenvalue weighted by Crippen LogP contribution is -2.50. The Hall–Kier alpha value is -1.41. The minimum absolute atomic E-state index is 0.109. The molecule has 0 saturated carbocycles. The molecule has 1 aromatic heterocycles. The minimum Gasteiger partial charge on any atom is -0.310 e. The maximum atomic E-state index is 13.0. The van der Waals surface area contributed by atoms with Crippen molar-refractivity contribution in [3.8, 4) is 0 Å². The summed E-state index contributed by atoms with van der Waals surface area (Å²) in [5.41, 5.74) is 1.96. The number of amides is 1. The van der Waals surface area contributed by atoms with E-state index in [0.717, 1.165) is 29.0 Å². The molecule has 0 bridgehead atoms. The van der Waals surface area contributed by atoms with Gasteiger partial charge in [-0.2, -0.15) is 4.72 Å². The molecule has 0 radical (unpaired) electrons. The van der Waals surface area contributed by atoms with Crippen molar-refractivity contribution >= 4 is 44.6 Å². The molecule has 1 amide bonds. The lowest BCUT2D eigenvalue weighted by atomic mass is 10.0. The van der Waals surface area contributed by atoms with Gasteiger partial charge in [0.25, 0.3) is 10.0 Å². The number of benzene rings is 1. The van der Waals surface area contributed by atoms with Crippen molar-refractivity contribution < 1.29 is 13.2 Å². The van der Waals surface area contributed by atoms with Crippen molar-refractivity contribution in [2.45, 2.75) is 30.5 Å². The maximum Gasteiger partial charge on any atom is 0.250 e. The number of fused-ring (bicyclic) bond motifs is 1. The topological polar surface area (TPSA) is 66.5 Å². The first kappa shape index (κ1) is 18.4. The van der Waals surface area contributed by atoms with Gasteiger partial charge in [0.15, 0.2) is 0 Å². The molecule has 8 heteroatoms. The smallest absolute Gasteiger partial charge is 0.250 e. The number of carbonyl (C=O) groups is 1. The first-order chi connectivity index (χ1) is 11.8. The normalized spacial score (nSPS) is 15.4. The number of thiophene rings is 1. The Labute approximate surface area is 156 Å². The molecular weight excluding hydrogens is 380 g/mol. The highest BCUT2D eigenvalue weighted by atomic mass is 35.5. The predicted molar refractivity (Wildman–Crippen MR) is 101 cm³/mol. The average Bonchev–Trinajstić information content (AvgIpc) is 3.18. The van der Waals surface area contributed by atoms with Crippen LogP contribution < -0.4 is 9.62 Å². The number of hydrogen-bond acceptors (Lipinski definition) is 4. The van der Waals surface area contributed by atoms with Crippen LogP contribution in [-0.2, 0) is 21.2 Å². The summed E-state index contributed by atoms with van der Waals surface area (Å²) in [5, 5.41) is 0.